The highest BCUT2D eigenvalue weighted by atomic mass is 16.2. The molecule has 0 spiro atoms. The molecule has 3 aromatic rings. The molecule has 0 unspecified atom stereocenters. The molecule has 28 heavy (non-hydrogen) atoms. The van der Waals surface area contributed by atoms with Crippen LogP contribution >= 0.6 is 0 Å². The van der Waals surface area contributed by atoms with Crippen LogP contribution in [0.1, 0.15) is 24.1 Å². The molecular formula is C23H26N4O. The standard InChI is InChI=1S/C23H26N4O/c1-17-20-7-8-22(25-21(20)9-12-24-17)26-23(28)16-27-13-10-19(11-14-27)15-18-5-3-2-4-6-18/h2-9,12,19H,10-11,13-16H2,1H3,(H,25,26,28). The highest BCUT2D eigenvalue weighted by molar-refractivity contribution is 5.93. The molecule has 3 heterocycles. The minimum absolute atomic E-state index is 0.000799. The SMILES string of the molecule is Cc1nccc2nc(NC(=O)CN3CCC(Cc4ccccc4)CC3)ccc12. The lowest BCUT2D eigenvalue weighted by Gasteiger charge is -2.31. The third-order valence-corrected chi connectivity index (χ3v) is 5.52. The van der Waals surface area contributed by atoms with Crippen LogP contribution in [0.25, 0.3) is 10.9 Å². The largest absolute Gasteiger partial charge is 0.310 e. The Morgan fingerprint density at radius 1 is 1.11 bits per heavy atom. The van der Waals surface area contributed by atoms with Gasteiger partial charge in [-0.15, -0.1) is 0 Å². The Hall–Kier alpha value is -2.79. The lowest BCUT2D eigenvalue weighted by atomic mass is 9.90. The van der Waals surface area contributed by atoms with Gasteiger partial charge in [0.2, 0.25) is 5.91 Å². The Kier molecular flexibility index (Phi) is 5.63. The van der Waals surface area contributed by atoms with E-state index in [9.17, 15) is 4.79 Å². The van der Waals surface area contributed by atoms with Crippen molar-refractivity contribution in [3.8, 4) is 0 Å². The summed E-state index contributed by atoms with van der Waals surface area (Å²) in [7, 11) is 0. The molecule has 1 fully saturated rings. The van der Waals surface area contributed by atoms with E-state index in [4.69, 9.17) is 0 Å². The molecule has 1 saturated heterocycles. The molecular weight excluding hydrogens is 348 g/mol. The lowest BCUT2D eigenvalue weighted by Crippen LogP contribution is -2.39. The number of carbonyl (C=O) groups excluding carboxylic acids is 1. The second-order valence-corrected chi connectivity index (χ2v) is 7.62. The molecule has 1 N–H and O–H groups in total. The van der Waals surface area contributed by atoms with Crippen molar-refractivity contribution in [1.29, 1.82) is 0 Å². The number of hydrogen-bond acceptors (Lipinski definition) is 4. The van der Waals surface area contributed by atoms with Crippen molar-refractivity contribution in [1.82, 2.24) is 14.9 Å². The van der Waals surface area contributed by atoms with Gasteiger partial charge in [-0.3, -0.25) is 14.7 Å². The van der Waals surface area contributed by atoms with Crippen LogP contribution in [-0.4, -0.2) is 40.4 Å². The fourth-order valence-corrected chi connectivity index (χ4v) is 3.95. The maximum Gasteiger partial charge on any atom is 0.239 e. The number of carbonyl (C=O) groups is 1. The average molecular weight is 374 g/mol. The van der Waals surface area contributed by atoms with E-state index in [0.29, 0.717) is 18.3 Å². The zero-order valence-corrected chi connectivity index (χ0v) is 16.3. The Labute approximate surface area is 165 Å². The highest BCUT2D eigenvalue weighted by Crippen LogP contribution is 2.22. The molecule has 0 atom stereocenters. The fraction of sp³-hybridized carbons (Fsp3) is 0.348. The monoisotopic (exact) mass is 374 g/mol. The Morgan fingerprint density at radius 3 is 2.68 bits per heavy atom. The molecule has 2 aromatic heterocycles. The predicted octanol–water partition coefficient (Wildman–Crippen LogP) is 3.83. The number of piperidine rings is 1. The number of anilines is 1. The van der Waals surface area contributed by atoms with Gasteiger partial charge in [0, 0.05) is 17.3 Å². The number of likely N-dealkylation sites (tertiary alicyclic amines) is 1. The van der Waals surface area contributed by atoms with Gasteiger partial charge in [0.1, 0.15) is 5.82 Å². The maximum absolute atomic E-state index is 12.5. The van der Waals surface area contributed by atoms with Crippen LogP contribution in [0.4, 0.5) is 5.82 Å². The summed E-state index contributed by atoms with van der Waals surface area (Å²) < 4.78 is 0. The van der Waals surface area contributed by atoms with E-state index < -0.39 is 0 Å². The number of aryl methyl sites for hydroxylation is 1. The summed E-state index contributed by atoms with van der Waals surface area (Å²) in [5.41, 5.74) is 3.21. The maximum atomic E-state index is 12.5. The van der Waals surface area contributed by atoms with Crippen molar-refractivity contribution in [2.75, 3.05) is 25.0 Å². The van der Waals surface area contributed by atoms with Gasteiger partial charge >= 0.3 is 0 Å². The summed E-state index contributed by atoms with van der Waals surface area (Å²) in [5, 5.41) is 3.95. The molecule has 0 aliphatic carbocycles. The molecule has 5 heteroatoms. The molecule has 144 valence electrons. The summed E-state index contributed by atoms with van der Waals surface area (Å²) in [6, 6.07) is 16.4. The number of benzene rings is 1. The minimum Gasteiger partial charge on any atom is -0.310 e. The van der Waals surface area contributed by atoms with Crippen molar-refractivity contribution in [2.45, 2.75) is 26.2 Å². The van der Waals surface area contributed by atoms with Crippen LogP contribution < -0.4 is 5.32 Å². The third-order valence-electron chi connectivity index (χ3n) is 5.52. The van der Waals surface area contributed by atoms with Crippen LogP contribution in [0.3, 0.4) is 0 Å². The van der Waals surface area contributed by atoms with Gasteiger partial charge in [-0.1, -0.05) is 30.3 Å². The van der Waals surface area contributed by atoms with E-state index >= 15 is 0 Å². The van der Waals surface area contributed by atoms with E-state index in [1.165, 1.54) is 5.56 Å². The second-order valence-electron chi connectivity index (χ2n) is 7.62. The van der Waals surface area contributed by atoms with Crippen LogP contribution in [0.2, 0.25) is 0 Å². The van der Waals surface area contributed by atoms with Crippen molar-refractivity contribution in [3.05, 3.63) is 66.0 Å². The van der Waals surface area contributed by atoms with E-state index in [2.05, 4.69) is 50.5 Å². The van der Waals surface area contributed by atoms with E-state index in [0.717, 1.165) is 48.9 Å². The topological polar surface area (TPSA) is 58.1 Å². The van der Waals surface area contributed by atoms with Gasteiger partial charge in [0.15, 0.2) is 0 Å². The molecule has 5 nitrogen and oxygen atoms in total. The first-order chi connectivity index (χ1) is 13.7. The van der Waals surface area contributed by atoms with Crippen molar-refractivity contribution in [3.63, 3.8) is 0 Å². The lowest BCUT2D eigenvalue weighted by molar-refractivity contribution is -0.117. The van der Waals surface area contributed by atoms with Gasteiger partial charge in [0.25, 0.3) is 0 Å². The molecule has 0 bridgehead atoms. The number of nitrogens with one attached hydrogen (secondary N) is 1. The number of nitrogens with zero attached hydrogens (tertiary/aromatic N) is 3. The van der Waals surface area contributed by atoms with Crippen LogP contribution in [-0.2, 0) is 11.2 Å². The molecule has 1 amide bonds. The van der Waals surface area contributed by atoms with E-state index in [-0.39, 0.29) is 5.91 Å². The molecule has 1 aromatic carbocycles. The molecule has 1 aliphatic heterocycles. The third kappa shape index (κ3) is 4.54. The van der Waals surface area contributed by atoms with Crippen molar-refractivity contribution < 1.29 is 4.79 Å². The second kappa shape index (κ2) is 8.48. The first kappa shape index (κ1) is 18.6. The summed E-state index contributed by atoms with van der Waals surface area (Å²) >= 11 is 0. The number of rotatable bonds is 5. The average Bonchev–Trinajstić information content (AvgIpc) is 2.70. The van der Waals surface area contributed by atoms with Crippen molar-refractivity contribution in [2.24, 2.45) is 5.92 Å². The van der Waals surface area contributed by atoms with Crippen LogP contribution in [0.15, 0.2) is 54.7 Å². The highest BCUT2D eigenvalue weighted by Gasteiger charge is 2.21. The normalized spacial score (nSPS) is 15.6. The molecule has 0 radical (unpaired) electrons. The summed E-state index contributed by atoms with van der Waals surface area (Å²) in [6.45, 7) is 4.33. The smallest absolute Gasteiger partial charge is 0.239 e. The minimum atomic E-state index is -0.000799. The summed E-state index contributed by atoms with van der Waals surface area (Å²) in [4.78, 5) is 23.5. The van der Waals surface area contributed by atoms with Gasteiger partial charge in [-0.25, -0.2) is 4.98 Å². The predicted molar refractivity (Wildman–Crippen MR) is 112 cm³/mol. The number of amides is 1. The molecule has 1 aliphatic rings. The number of hydrogen-bond donors (Lipinski definition) is 1. The Morgan fingerprint density at radius 2 is 1.89 bits per heavy atom. The fourth-order valence-electron chi connectivity index (χ4n) is 3.95. The molecule has 0 saturated carbocycles. The van der Waals surface area contributed by atoms with E-state index in [1.54, 1.807) is 6.20 Å². The number of fused-ring (bicyclic) bond motifs is 1. The van der Waals surface area contributed by atoms with E-state index in [1.807, 2.05) is 25.1 Å². The van der Waals surface area contributed by atoms with Gasteiger partial charge in [-0.2, -0.15) is 0 Å². The first-order valence-electron chi connectivity index (χ1n) is 9.96. The Bertz CT molecular complexity index is 949. The van der Waals surface area contributed by atoms with Crippen molar-refractivity contribution >= 4 is 22.6 Å². The summed E-state index contributed by atoms with van der Waals surface area (Å²) in [5.74, 6) is 1.31. The molecule has 4 rings (SSSR count). The zero-order chi connectivity index (χ0) is 19.3. The van der Waals surface area contributed by atoms with Gasteiger partial charge < -0.3 is 5.32 Å². The van der Waals surface area contributed by atoms with Crippen LogP contribution in [0.5, 0.6) is 0 Å². The van der Waals surface area contributed by atoms with Gasteiger partial charge in [-0.05, 0) is 69.0 Å². The van der Waals surface area contributed by atoms with Crippen LogP contribution in [0, 0.1) is 12.8 Å². The number of aromatic nitrogens is 2. The Balaban J connectivity index is 1.28. The zero-order valence-electron chi connectivity index (χ0n) is 16.3. The quantitative estimate of drug-likeness (QED) is 0.737. The summed E-state index contributed by atoms with van der Waals surface area (Å²) in [6.07, 6.45) is 5.16. The van der Waals surface area contributed by atoms with Gasteiger partial charge in [0.05, 0.1) is 12.1 Å². The number of pyridine rings is 2. The first-order valence-corrected chi connectivity index (χ1v) is 9.96.